The van der Waals surface area contributed by atoms with Crippen LogP contribution in [0, 0.1) is 0 Å². The van der Waals surface area contributed by atoms with Crippen LogP contribution in [0.2, 0.25) is 0 Å². The summed E-state index contributed by atoms with van der Waals surface area (Å²) in [6.45, 7) is 13.0. The van der Waals surface area contributed by atoms with E-state index in [1.54, 1.807) is 0 Å². The Bertz CT molecular complexity index is 1990. The van der Waals surface area contributed by atoms with Gasteiger partial charge in [-0.2, -0.15) is 0 Å². The summed E-state index contributed by atoms with van der Waals surface area (Å²) in [6, 6.07) is 46.4. The average Bonchev–Trinajstić information content (AvgIpc) is 3.37. The third-order valence-corrected chi connectivity index (χ3v) is 9.66. The molecule has 0 radical (unpaired) electrons. The number of benzene rings is 6. The Morgan fingerprint density at radius 2 is 0.776 bits per heavy atom. The first-order valence-corrected chi connectivity index (χ1v) is 16.9. The van der Waals surface area contributed by atoms with Gasteiger partial charge >= 0.3 is 0 Å². The Kier molecular flexibility index (Phi) is 7.79. The van der Waals surface area contributed by atoms with Crippen molar-refractivity contribution in [2.24, 2.45) is 0 Å². The fourth-order valence-electron chi connectivity index (χ4n) is 7.34. The quantitative estimate of drug-likeness (QED) is 0.177. The van der Waals surface area contributed by atoms with E-state index in [1.165, 1.54) is 22.3 Å². The second kappa shape index (κ2) is 11.9. The maximum absolute atomic E-state index is 6.39. The van der Waals surface area contributed by atoms with Crippen molar-refractivity contribution in [2.45, 2.75) is 57.8 Å². The van der Waals surface area contributed by atoms with Crippen LogP contribution in [0.1, 0.15) is 74.9 Å². The van der Waals surface area contributed by atoms with Crippen LogP contribution < -0.4 is 20.9 Å². The summed E-state index contributed by atoms with van der Waals surface area (Å²) in [5.74, 6) is 3.07. The van der Waals surface area contributed by atoms with Gasteiger partial charge in [0.2, 0.25) is 0 Å². The van der Waals surface area contributed by atoms with Gasteiger partial charge in [-0.25, -0.2) is 0 Å². The molecule has 0 unspecified atom stereocenters. The zero-order valence-electron chi connectivity index (χ0n) is 29.2. The summed E-state index contributed by atoms with van der Waals surface area (Å²) in [6.07, 6.45) is 0. The smallest absolute Gasteiger partial charge is 0.127 e. The van der Waals surface area contributed by atoms with Crippen LogP contribution >= 0.6 is 0 Å². The molecule has 246 valence electrons. The number of nitrogen functional groups attached to an aromatic ring is 2. The van der Waals surface area contributed by atoms with Crippen LogP contribution in [0.4, 0.5) is 11.4 Å². The van der Waals surface area contributed by atoms with Crippen molar-refractivity contribution < 1.29 is 9.47 Å². The van der Waals surface area contributed by atoms with Crippen molar-refractivity contribution in [3.8, 4) is 34.1 Å². The molecule has 7 rings (SSSR count). The summed E-state index contributed by atoms with van der Waals surface area (Å²) < 4.78 is 12.8. The van der Waals surface area contributed by atoms with E-state index >= 15 is 0 Å². The van der Waals surface area contributed by atoms with Crippen LogP contribution in [0.5, 0.6) is 23.0 Å². The van der Waals surface area contributed by atoms with Crippen molar-refractivity contribution >= 4 is 11.4 Å². The van der Waals surface area contributed by atoms with Crippen molar-refractivity contribution in [3.63, 3.8) is 0 Å². The van der Waals surface area contributed by atoms with E-state index in [0.29, 0.717) is 0 Å². The normalized spacial score (nSPS) is 13.4. The topological polar surface area (TPSA) is 70.5 Å². The van der Waals surface area contributed by atoms with Crippen molar-refractivity contribution in [1.29, 1.82) is 0 Å². The van der Waals surface area contributed by atoms with E-state index in [-0.39, 0.29) is 10.8 Å². The number of ether oxygens (including phenoxy) is 2. The minimum atomic E-state index is -0.536. The molecule has 4 heteroatoms. The number of nitrogens with two attached hydrogens (primary N) is 2. The first-order valence-electron chi connectivity index (χ1n) is 16.9. The molecule has 0 aliphatic heterocycles. The highest BCUT2D eigenvalue weighted by Crippen LogP contribution is 2.56. The van der Waals surface area contributed by atoms with Crippen LogP contribution in [0.25, 0.3) is 11.1 Å². The number of hydrogen-bond donors (Lipinski definition) is 2. The van der Waals surface area contributed by atoms with E-state index in [1.807, 2.05) is 36.4 Å². The summed E-state index contributed by atoms with van der Waals surface area (Å²) in [4.78, 5) is 0. The van der Waals surface area contributed by atoms with Gasteiger partial charge < -0.3 is 20.9 Å². The number of fused-ring (bicyclic) bond motifs is 3. The molecule has 0 heterocycles. The van der Waals surface area contributed by atoms with E-state index in [2.05, 4.69) is 139 Å². The fourth-order valence-corrected chi connectivity index (χ4v) is 7.34. The third kappa shape index (κ3) is 5.72. The summed E-state index contributed by atoms with van der Waals surface area (Å²) in [5.41, 5.74) is 22.9. The van der Waals surface area contributed by atoms with Crippen molar-refractivity contribution in [3.05, 3.63) is 167 Å². The summed E-state index contributed by atoms with van der Waals surface area (Å²) in [7, 11) is 0. The molecule has 6 aromatic rings. The zero-order valence-corrected chi connectivity index (χ0v) is 29.2. The van der Waals surface area contributed by atoms with Crippen molar-refractivity contribution in [1.82, 2.24) is 0 Å². The molecule has 0 aromatic heterocycles. The molecule has 0 amide bonds. The van der Waals surface area contributed by atoms with Gasteiger partial charge in [0, 0.05) is 11.4 Å². The van der Waals surface area contributed by atoms with Gasteiger partial charge in [-0.15, -0.1) is 0 Å². The van der Waals surface area contributed by atoms with Crippen LogP contribution in [0.3, 0.4) is 0 Å². The highest BCUT2D eigenvalue weighted by atomic mass is 16.5. The standard InChI is InChI=1S/C45H44N2O2/c1-43(2,3)39-27-33(23-25-41(39)46)48-31-19-15-29(16-20-31)45(37-13-9-7-11-35(37)36-12-8-10-14-38(36)45)30-17-21-32(22-18-30)49-34-24-26-42(47)40(28-34)44(4,5)6/h7-28H,46-47H2,1-6H3. The Labute approximate surface area is 290 Å². The molecule has 4 nitrogen and oxygen atoms in total. The second-order valence-electron chi connectivity index (χ2n) is 15.1. The van der Waals surface area contributed by atoms with Crippen LogP contribution in [0.15, 0.2) is 133 Å². The molecule has 0 spiro atoms. The lowest BCUT2D eigenvalue weighted by Gasteiger charge is -2.34. The number of anilines is 2. The minimum absolute atomic E-state index is 0.0893. The first kappa shape index (κ1) is 32.1. The lowest BCUT2D eigenvalue weighted by molar-refractivity contribution is 0.478. The molecule has 0 atom stereocenters. The number of hydrogen-bond acceptors (Lipinski definition) is 4. The van der Waals surface area contributed by atoms with Gasteiger partial charge in [0.1, 0.15) is 23.0 Å². The zero-order chi connectivity index (χ0) is 34.6. The van der Waals surface area contributed by atoms with Gasteiger partial charge in [0.05, 0.1) is 5.41 Å². The summed E-state index contributed by atoms with van der Waals surface area (Å²) >= 11 is 0. The third-order valence-electron chi connectivity index (χ3n) is 9.66. The molecule has 0 fully saturated rings. The Balaban J connectivity index is 1.29. The van der Waals surface area contributed by atoms with Gasteiger partial charge in [-0.1, -0.05) is 114 Å². The highest BCUT2D eigenvalue weighted by Gasteiger charge is 2.45. The highest BCUT2D eigenvalue weighted by molar-refractivity contribution is 5.86. The summed E-state index contributed by atoms with van der Waals surface area (Å²) in [5, 5.41) is 0. The van der Waals surface area contributed by atoms with Crippen LogP contribution in [-0.2, 0) is 16.2 Å². The molecule has 4 N–H and O–H groups in total. The van der Waals surface area contributed by atoms with Gasteiger partial charge in [0.15, 0.2) is 0 Å². The molecule has 0 saturated carbocycles. The predicted molar refractivity (Wildman–Crippen MR) is 203 cm³/mol. The fraction of sp³-hybridized carbons (Fsp3) is 0.200. The molecular formula is C45H44N2O2. The van der Waals surface area contributed by atoms with Crippen molar-refractivity contribution in [2.75, 3.05) is 11.5 Å². The van der Waals surface area contributed by atoms with Crippen LogP contribution in [-0.4, -0.2) is 0 Å². The molecular weight excluding hydrogens is 601 g/mol. The Morgan fingerprint density at radius 1 is 0.429 bits per heavy atom. The first-order chi connectivity index (χ1) is 23.4. The maximum Gasteiger partial charge on any atom is 0.127 e. The molecule has 0 bridgehead atoms. The van der Waals surface area contributed by atoms with E-state index in [4.69, 9.17) is 20.9 Å². The lowest BCUT2D eigenvalue weighted by atomic mass is 9.68. The maximum atomic E-state index is 6.39. The average molecular weight is 645 g/mol. The Hall–Kier alpha value is -5.48. The number of rotatable bonds is 6. The molecule has 49 heavy (non-hydrogen) atoms. The molecule has 1 aliphatic carbocycles. The SMILES string of the molecule is CC(C)(C)c1cc(Oc2ccc(C3(c4ccc(Oc5ccc(N)c(C(C)(C)C)c5)cc4)c4ccccc4-c4ccccc43)cc2)ccc1N. The van der Waals surface area contributed by atoms with E-state index in [0.717, 1.165) is 56.6 Å². The van der Waals surface area contributed by atoms with E-state index < -0.39 is 5.41 Å². The van der Waals surface area contributed by atoms with E-state index in [9.17, 15) is 0 Å². The Morgan fingerprint density at radius 3 is 1.14 bits per heavy atom. The monoisotopic (exact) mass is 644 g/mol. The molecule has 0 saturated heterocycles. The minimum Gasteiger partial charge on any atom is -0.457 e. The molecule has 1 aliphatic rings. The largest absolute Gasteiger partial charge is 0.457 e. The lowest BCUT2D eigenvalue weighted by Crippen LogP contribution is -2.28. The van der Waals surface area contributed by atoms with Gasteiger partial charge in [-0.05, 0) is 116 Å². The van der Waals surface area contributed by atoms with Gasteiger partial charge in [-0.3, -0.25) is 0 Å². The van der Waals surface area contributed by atoms with Gasteiger partial charge in [0.25, 0.3) is 0 Å². The predicted octanol–water partition coefficient (Wildman–Crippen LogP) is 11.4. The second-order valence-corrected chi connectivity index (χ2v) is 15.1. The molecule has 6 aromatic carbocycles.